The summed E-state index contributed by atoms with van der Waals surface area (Å²) < 4.78 is 11.8. The summed E-state index contributed by atoms with van der Waals surface area (Å²) in [6.45, 7) is 2.03. The van der Waals surface area contributed by atoms with Gasteiger partial charge in [0.25, 0.3) is 5.69 Å². The number of thiazole rings is 1. The van der Waals surface area contributed by atoms with Crippen molar-refractivity contribution >= 4 is 38.6 Å². The minimum atomic E-state index is -0.468. The third-order valence-electron chi connectivity index (χ3n) is 4.19. The molecule has 29 heavy (non-hydrogen) atoms. The van der Waals surface area contributed by atoms with Crippen LogP contribution in [0.1, 0.15) is 11.3 Å². The first kappa shape index (κ1) is 18.6. The number of hydrogen-bond acceptors (Lipinski definition) is 8. The molecule has 0 fully saturated rings. The molecule has 0 unspecified atom stereocenters. The molecule has 4 aromatic rings. The molecule has 8 nitrogen and oxygen atoms in total. The van der Waals surface area contributed by atoms with Crippen LogP contribution in [-0.2, 0) is 0 Å². The Morgan fingerprint density at radius 3 is 2.90 bits per heavy atom. The van der Waals surface area contributed by atoms with Gasteiger partial charge in [0, 0.05) is 0 Å². The van der Waals surface area contributed by atoms with Crippen LogP contribution in [-0.4, -0.2) is 23.2 Å². The minimum Gasteiger partial charge on any atom is -0.497 e. The Morgan fingerprint density at radius 1 is 1.24 bits per heavy atom. The van der Waals surface area contributed by atoms with Gasteiger partial charge >= 0.3 is 0 Å². The zero-order valence-electron chi connectivity index (χ0n) is 15.6. The van der Waals surface area contributed by atoms with Crippen LogP contribution >= 0.6 is 11.3 Å². The topological polar surface area (TPSA) is 103 Å². The van der Waals surface area contributed by atoms with Gasteiger partial charge in [-0.15, -0.1) is 0 Å². The fourth-order valence-corrected chi connectivity index (χ4v) is 3.71. The number of hydrazone groups is 1. The smallest absolute Gasteiger partial charge is 0.284 e. The lowest BCUT2D eigenvalue weighted by molar-refractivity contribution is -0.384. The summed E-state index contributed by atoms with van der Waals surface area (Å²) in [6.07, 6.45) is 1.50. The molecule has 146 valence electrons. The number of nitrogens with zero attached hydrogens (tertiary/aromatic N) is 3. The molecule has 0 bridgehead atoms. The van der Waals surface area contributed by atoms with Gasteiger partial charge in [-0.05, 0) is 48.9 Å². The number of ether oxygens (including phenoxy) is 1. The zero-order valence-corrected chi connectivity index (χ0v) is 16.4. The van der Waals surface area contributed by atoms with Crippen LogP contribution in [0.15, 0.2) is 58.0 Å². The summed E-state index contributed by atoms with van der Waals surface area (Å²) in [4.78, 5) is 15.4. The van der Waals surface area contributed by atoms with E-state index in [0.29, 0.717) is 28.0 Å². The number of rotatable bonds is 6. The van der Waals surface area contributed by atoms with Crippen LogP contribution in [0.25, 0.3) is 21.5 Å². The predicted octanol–water partition coefficient (Wildman–Crippen LogP) is 5.23. The molecule has 0 aliphatic rings. The first-order valence-electron chi connectivity index (χ1n) is 8.62. The van der Waals surface area contributed by atoms with E-state index in [1.165, 1.54) is 36.3 Å². The van der Waals surface area contributed by atoms with Crippen molar-refractivity contribution in [3.63, 3.8) is 0 Å². The summed E-state index contributed by atoms with van der Waals surface area (Å²) in [7, 11) is 1.46. The van der Waals surface area contributed by atoms with Crippen LogP contribution in [0.4, 0.5) is 10.8 Å². The fourth-order valence-electron chi connectivity index (χ4n) is 2.80. The van der Waals surface area contributed by atoms with E-state index in [4.69, 9.17) is 9.15 Å². The molecule has 0 radical (unpaired) electrons. The summed E-state index contributed by atoms with van der Waals surface area (Å²) in [5.41, 5.74) is 5.24. The van der Waals surface area contributed by atoms with Crippen molar-refractivity contribution in [2.75, 3.05) is 12.5 Å². The summed E-state index contributed by atoms with van der Waals surface area (Å²) >= 11 is 1.50. The van der Waals surface area contributed by atoms with Crippen molar-refractivity contribution in [1.82, 2.24) is 4.98 Å². The first-order valence-corrected chi connectivity index (χ1v) is 9.44. The van der Waals surface area contributed by atoms with Crippen molar-refractivity contribution in [3.8, 4) is 17.1 Å². The fraction of sp³-hybridized carbons (Fsp3) is 0.100. The lowest BCUT2D eigenvalue weighted by Crippen LogP contribution is -1.93. The maximum Gasteiger partial charge on any atom is 0.284 e. The van der Waals surface area contributed by atoms with Crippen molar-refractivity contribution in [3.05, 3.63) is 70.0 Å². The van der Waals surface area contributed by atoms with Crippen LogP contribution < -0.4 is 10.2 Å². The highest BCUT2D eigenvalue weighted by atomic mass is 32.1. The predicted molar refractivity (Wildman–Crippen MR) is 113 cm³/mol. The molecule has 0 aliphatic heterocycles. The molecular weight excluding hydrogens is 392 g/mol. The number of benzene rings is 2. The Labute approximate surface area is 169 Å². The number of methoxy groups -OCH3 is 1. The van der Waals surface area contributed by atoms with Gasteiger partial charge in [0.15, 0.2) is 0 Å². The molecule has 0 saturated carbocycles. The highest BCUT2D eigenvalue weighted by Crippen LogP contribution is 2.34. The third-order valence-corrected chi connectivity index (χ3v) is 5.11. The normalized spacial score (nSPS) is 11.2. The molecule has 4 rings (SSSR count). The van der Waals surface area contributed by atoms with Gasteiger partial charge in [-0.25, -0.2) is 4.98 Å². The van der Waals surface area contributed by atoms with Crippen LogP contribution in [0.3, 0.4) is 0 Å². The van der Waals surface area contributed by atoms with Gasteiger partial charge in [-0.2, -0.15) is 5.10 Å². The second-order valence-electron chi connectivity index (χ2n) is 6.20. The minimum absolute atomic E-state index is 0.0925. The quantitative estimate of drug-likeness (QED) is 0.266. The van der Waals surface area contributed by atoms with Crippen molar-refractivity contribution in [2.24, 2.45) is 5.10 Å². The van der Waals surface area contributed by atoms with Gasteiger partial charge in [-0.3, -0.25) is 15.5 Å². The number of nitrogens with one attached hydrogen (secondary N) is 1. The number of nitro groups is 1. The van der Waals surface area contributed by atoms with E-state index in [-0.39, 0.29) is 5.69 Å². The highest BCUT2D eigenvalue weighted by molar-refractivity contribution is 7.22. The number of anilines is 1. The average Bonchev–Trinajstić information content (AvgIpc) is 3.33. The molecule has 0 atom stereocenters. The lowest BCUT2D eigenvalue weighted by atomic mass is 10.1. The number of furan rings is 1. The third kappa shape index (κ3) is 3.94. The Bertz CT molecular complexity index is 1230. The summed E-state index contributed by atoms with van der Waals surface area (Å²) in [5.74, 6) is 1.23. The molecule has 0 spiro atoms. The maximum atomic E-state index is 11.4. The molecular formula is C20H16N4O4S. The monoisotopic (exact) mass is 408 g/mol. The summed E-state index contributed by atoms with van der Waals surface area (Å²) in [5, 5.41) is 16.2. The standard InChI is InChI=1S/C20H16N4O4S/c1-12-3-7-16-19(9-12)29-20(22-16)23-21-11-14-5-8-18(28-14)15-6-4-13(27-2)10-17(15)24(25)26/h3-11H,1-2H3,(H,22,23)/b21-11-. The largest absolute Gasteiger partial charge is 0.497 e. The van der Waals surface area contributed by atoms with E-state index in [1.807, 2.05) is 19.1 Å². The van der Waals surface area contributed by atoms with Gasteiger partial charge in [0.2, 0.25) is 5.13 Å². The van der Waals surface area contributed by atoms with Gasteiger partial charge in [-0.1, -0.05) is 17.4 Å². The SMILES string of the molecule is COc1ccc(-c2ccc(/C=N\Nc3nc4ccc(C)cc4s3)o2)c([N+](=O)[O-])c1. The first-order chi connectivity index (χ1) is 14.0. The summed E-state index contributed by atoms with van der Waals surface area (Å²) in [6, 6.07) is 14.0. The molecule has 2 aromatic carbocycles. The van der Waals surface area contributed by atoms with Crippen molar-refractivity contribution in [2.45, 2.75) is 6.92 Å². The molecule has 0 saturated heterocycles. The molecule has 2 aromatic heterocycles. The second kappa shape index (κ2) is 7.72. The number of hydrogen-bond donors (Lipinski definition) is 1. The number of aromatic nitrogens is 1. The molecule has 0 amide bonds. The highest BCUT2D eigenvalue weighted by Gasteiger charge is 2.19. The Morgan fingerprint density at radius 2 is 2.10 bits per heavy atom. The zero-order chi connectivity index (χ0) is 20.4. The van der Waals surface area contributed by atoms with Crippen LogP contribution in [0.2, 0.25) is 0 Å². The second-order valence-corrected chi connectivity index (χ2v) is 7.23. The number of nitro benzene ring substituents is 1. The lowest BCUT2D eigenvalue weighted by Gasteiger charge is -2.03. The van der Waals surface area contributed by atoms with E-state index in [1.54, 1.807) is 24.3 Å². The maximum absolute atomic E-state index is 11.4. The van der Waals surface area contributed by atoms with E-state index < -0.39 is 4.92 Å². The Balaban J connectivity index is 1.52. The van der Waals surface area contributed by atoms with Crippen molar-refractivity contribution in [1.29, 1.82) is 0 Å². The van der Waals surface area contributed by atoms with Gasteiger partial charge < -0.3 is 9.15 Å². The van der Waals surface area contributed by atoms with E-state index in [0.717, 1.165) is 10.2 Å². The van der Waals surface area contributed by atoms with Crippen LogP contribution in [0.5, 0.6) is 5.75 Å². The number of fused-ring (bicyclic) bond motifs is 1. The molecule has 2 heterocycles. The molecule has 9 heteroatoms. The van der Waals surface area contributed by atoms with Crippen molar-refractivity contribution < 1.29 is 14.1 Å². The van der Waals surface area contributed by atoms with Crippen LogP contribution in [0, 0.1) is 17.0 Å². The van der Waals surface area contributed by atoms with E-state index in [2.05, 4.69) is 21.6 Å². The van der Waals surface area contributed by atoms with Gasteiger partial charge in [0.05, 0.1) is 40.1 Å². The van der Waals surface area contributed by atoms with E-state index in [9.17, 15) is 10.1 Å². The average molecular weight is 408 g/mol. The number of aryl methyl sites for hydroxylation is 1. The Kier molecular flexibility index (Phi) is 4.96. The molecule has 1 N–H and O–H groups in total. The Hall–Kier alpha value is -3.72. The van der Waals surface area contributed by atoms with E-state index >= 15 is 0 Å². The molecule has 0 aliphatic carbocycles. The van der Waals surface area contributed by atoms with Gasteiger partial charge in [0.1, 0.15) is 17.3 Å².